The zero-order chi connectivity index (χ0) is 21.5. The molecule has 0 saturated heterocycles. The number of hydrogen-bond donors (Lipinski definition) is 2. The van der Waals surface area contributed by atoms with E-state index < -0.39 is 0 Å². The third-order valence-electron chi connectivity index (χ3n) is 5.87. The fraction of sp³-hybridized carbons (Fsp3) is 0.154. The van der Waals surface area contributed by atoms with Gasteiger partial charge in [0.25, 0.3) is 5.91 Å². The van der Waals surface area contributed by atoms with Crippen LogP contribution in [0, 0.1) is 13.8 Å². The van der Waals surface area contributed by atoms with E-state index in [-0.39, 0.29) is 11.9 Å². The molecule has 0 fully saturated rings. The number of aryl methyl sites for hydroxylation is 2. The highest BCUT2D eigenvalue weighted by Crippen LogP contribution is 2.40. The number of rotatable bonds is 3. The third kappa shape index (κ3) is 3.28. The van der Waals surface area contributed by atoms with E-state index in [4.69, 9.17) is 4.98 Å². The van der Waals surface area contributed by atoms with Gasteiger partial charge in [0.15, 0.2) is 0 Å². The average Bonchev–Trinajstić information content (AvgIpc) is 3.12. The van der Waals surface area contributed by atoms with Crippen molar-refractivity contribution in [1.82, 2.24) is 9.55 Å². The lowest BCUT2D eigenvalue weighted by atomic mass is 9.91. The van der Waals surface area contributed by atoms with Gasteiger partial charge in [-0.1, -0.05) is 54.1 Å². The van der Waals surface area contributed by atoms with E-state index in [1.54, 1.807) is 0 Å². The predicted molar refractivity (Wildman–Crippen MR) is 125 cm³/mol. The fourth-order valence-corrected chi connectivity index (χ4v) is 4.28. The number of amides is 1. The van der Waals surface area contributed by atoms with Gasteiger partial charge in [0, 0.05) is 11.4 Å². The van der Waals surface area contributed by atoms with Crippen LogP contribution in [0.4, 0.5) is 11.6 Å². The summed E-state index contributed by atoms with van der Waals surface area (Å²) in [5.74, 6) is 0.629. The number of carbonyl (C=O) groups excluding carboxylic acids is 1. The van der Waals surface area contributed by atoms with Crippen molar-refractivity contribution < 1.29 is 4.79 Å². The van der Waals surface area contributed by atoms with E-state index in [1.165, 1.54) is 0 Å². The first-order valence-electron chi connectivity index (χ1n) is 10.4. The molecule has 1 aliphatic rings. The van der Waals surface area contributed by atoms with Gasteiger partial charge in [0.05, 0.1) is 22.6 Å². The number of fused-ring (bicyclic) bond motifs is 3. The van der Waals surface area contributed by atoms with Crippen molar-refractivity contribution in [2.24, 2.45) is 0 Å². The molecular formula is C26H24N4O. The monoisotopic (exact) mass is 408 g/mol. The summed E-state index contributed by atoms with van der Waals surface area (Å²) in [6.07, 6.45) is 0. The van der Waals surface area contributed by atoms with Crippen LogP contribution in [0.1, 0.15) is 29.7 Å². The Balaban J connectivity index is 1.67. The molecule has 1 aromatic heterocycles. The zero-order valence-corrected chi connectivity index (χ0v) is 17.8. The highest BCUT2D eigenvalue weighted by Gasteiger charge is 2.34. The van der Waals surface area contributed by atoms with Crippen LogP contribution in [-0.2, 0) is 4.79 Å². The number of aromatic nitrogens is 2. The minimum atomic E-state index is -0.282. The summed E-state index contributed by atoms with van der Waals surface area (Å²) in [6, 6.07) is 23.8. The Morgan fingerprint density at radius 2 is 1.65 bits per heavy atom. The molecule has 0 saturated carbocycles. The Morgan fingerprint density at radius 3 is 2.42 bits per heavy atom. The number of carbonyl (C=O) groups is 1. The molecule has 31 heavy (non-hydrogen) atoms. The number of nitrogens with one attached hydrogen (secondary N) is 2. The molecule has 0 bridgehead atoms. The fourth-order valence-electron chi connectivity index (χ4n) is 4.28. The van der Waals surface area contributed by atoms with E-state index in [9.17, 15) is 4.79 Å². The second-order valence-corrected chi connectivity index (χ2v) is 8.04. The normalized spacial score (nSPS) is 15.5. The highest BCUT2D eigenvalue weighted by molar-refractivity contribution is 6.06. The standard InChI is InChI=1S/C26H24N4O/c1-16-12-14-19(15-13-16)28-25(31)23-18(3)27-26-29-21-10-6-7-11-22(21)30(26)24(23)20-9-5-4-8-17(20)2/h4-15,24H,1-3H3,(H,27,29)(H,28,31). The molecule has 1 atom stereocenters. The van der Waals surface area contributed by atoms with Crippen LogP contribution in [0.5, 0.6) is 0 Å². The summed E-state index contributed by atoms with van der Waals surface area (Å²) in [5, 5.41) is 6.45. The molecule has 154 valence electrons. The number of benzene rings is 3. The van der Waals surface area contributed by atoms with Crippen LogP contribution in [0.25, 0.3) is 11.0 Å². The summed E-state index contributed by atoms with van der Waals surface area (Å²) in [5.41, 5.74) is 7.53. The van der Waals surface area contributed by atoms with Crippen LogP contribution < -0.4 is 10.6 Å². The van der Waals surface area contributed by atoms with Crippen LogP contribution in [0.3, 0.4) is 0 Å². The molecule has 2 N–H and O–H groups in total. The average molecular weight is 409 g/mol. The number of hydrogen-bond acceptors (Lipinski definition) is 3. The Hall–Kier alpha value is -3.86. The minimum absolute atomic E-state index is 0.120. The molecule has 0 spiro atoms. The second-order valence-electron chi connectivity index (χ2n) is 8.04. The minimum Gasteiger partial charge on any atom is -0.329 e. The Morgan fingerprint density at radius 1 is 0.935 bits per heavy atom. The predicted octanol–water partition coefficient (Wildman–Crippen LogP) is 5.58. The summed E-state index contributed by atoms with van der Waals surface area (Å²) >= 11 is 0. The van der Waals surface area contributed by atoms with Crippen LogP contribution in [-0.4, -0.2) is 15.5 Å². The van der Waals surface area contributed by atoms with Crippen LogP contribution >= 0.6 is 0 Å². The van der Waals surface area contributed by atoms with Crippen molar-refractivity contribution in [3.05, 3.63) is 101 Å². The zero-order valence-electron chi connectivity index (χ0n) is 17.8. The van der Waals surface area contributed by atoms with Crippen LogP contribution in [0.2, 0.25) is 0 Å². The van der Waals surface area contributed by atoms with Gasteiger partial charge in [0.2, 0.25) is 5.95 Å². The Labute approximate surface area is 181 Å². The summed E-state index contributed by atoms with van der Waals surface area (Å²) in [7, 11) is 0. The molecule has 0 aliphatic carbocycles. The number of imidazole rings is 1. The molecule has 3 aromatic carbocycles. The summed E-state index contributed by atoms with van der Waals surface area (Å²) in [4.78, 5) is 18.4. The van der Waals surface area contributed by atoms with Gasteiger partial charge in [0.1, 0.15) is 0 Å². The first-order chi connectivity index (χ1) is 15.0. The number of anilines is 2. The molecule has 5 heteroatoms. The molecule has 0 radical (unpaired) electrons. The molecule has 5 nitrogen and oxygen atoms in total. The van der Waals surface area contributed by atoms with Gasteiger partial charge in [-0.2, -0.15) is 0 Å². The van der Waals surface area contributed by atoms with Crippen molar-refractivity contribution in [1.29, 1.82) is 0 Å². The summed E-state index contributed by atoms with van der Waals surface area (Å²) in [6.45, 7) is 6.06. The molecule has 1 unspecified atom stereocenters. The maximum Gasteiger partial charge on any atom is 0.255 e. The maximum atomic E-state index is 13.6. The van der Waals surface area contributed by atoms with Crippen LogP contribution in [0.15, 0.2) is 84.1 Å². The topological polar surface area (TPSA) is 59.0 Å². The quantitative estimate of drug-likeness (QED) is 0.465. The van der Waals surface area contributed by atoms with Gasteiger partial charge in [-0.25, -0.2) is 4.98 Å². The van der Waals surface area contributed by atoms with E-state index in [1.807, 2.05) is 68.4 Å². The lowest BCUT2D eigenvalue weighted by Crippen LogP contribution is -2.31. The van der Waals surface area contributed by atoms with Crippen molar-refractivity contribution in [2.45, 2.75) is 26.8 Å². The largest absolute Gasteiger partial charge is 0.329 e. The lowest BCUT2D eigenvalue weighted by Gasteiger charge is -2.31. The van der Waals surface area contributed by atoms with Crippen molar-refractivity contribution >= 4 is 28.6 Å². The smallest absolute Gasteiger partial charge is 0.255 e. The second kappa shape index (κ2) is 7.43. The molecule has 1 amide bonds. The van der Waals surface area contributed by atoms with Gasteiger partial charge < -0.3 is 10.6 Å². The van der Waals surface area contributed by atoms with E-state index in [0.29, 0.717) is 5.57 Å². The lowest BCUT2D eigenvalue weighted by molar-refractivity contribution is -0.113. The van der Waals surface area contributed by atoms with E-state index in [2.05, 4.69) is 40.3 Å². The van der Waals surface area contributed by atoms with Gasteiger partial charge in [-0.15, -0.1) is 0 Å². The molecule has 4 aromatic rings. The first-order valence-corrected chi connectivity index (χ1v) is 10.4. The van der Waals surface area contributed by atoms with E-state index in [0.717, 1.165) is 45.1 Å². The first kappa shape index (κ1) is 19.1. The Bertz CT molecular complexity index is 1330. The maximum absolute atomic E-state index is 13.6. The van der Waals surface area contributed by atoms with Crippen molar-refractivity contribution in [3.63, 3.8) is 0 Å². The SMILES string of the molecule is CC1=C(C(=O)Nc2ccc(C)cc2)C(c2ccccc2C)n2c(nc3ccccc32)N1. The summed E-state index contributed by atoms with van der Waals surface area (Å²) < 4.78 is 2.13. The number of nitrogens with zero attached hydrogens (tertiary/aromatic N) is 2. The van der Waals surface area contributed by atoms with Gasteiger partial charge >= 0.3 is 0 Å². The highest BCUT2D eigenvalue weighted by atomic mass is 16.1. The molecule has 5 rings (SSSR count). The van der Waals surface area contributed by atoms with Gasteiger partial charge in [-0.05, 0) is 56.2 Å². The molecule has 2 heterocycles. The number of allylic oxidation sites excluding steroid dienone is 1. The number of para-hydroxylation sites is 2. The molecule has 1 aliphatic heterocycles. The van der Waals surface area contributed by atoms with Crippen molar-refractivity contribution in [3.8, 4) is 0 Å². The third-order valence-corrected chi connectivity index (χ3v) is 5.87. The molecular weight excluding hydrogens is 384 g/mol. The van der Waals surface area contributed by atoms with E-state index >= 15 is 0 Å². The van der Waals surface area contributed by atoms with Gasteiger partial charge in [-0.3, -0.25) is 9.36 Å². The Kier molecular flexibility index (Phi) is 4.59. The van der Waals surface area contributed by atoms with Crippen molar-refractivity contribution in [2.75, 3.05) is 10.6 Å².